The van der Waals surface area contributed by atoms with Crippen LogP contribution in [-0.4, -0.2) is 38.3 Å². The molecule has 0 bridgehead atoms. The van der Waals surface area contributed by atoms with E-state index in [1.165, 1.54) is 10.9 Å². The number of carbonyl (C=O) groups is 1. The van der Waals surface area contributed by atoms with E-state index in [2.05, 4.69) is 10.3 Å². The maximum Gasteiger partial charge on any atom is 0.333 e. The molecular formula is C24H24ClN5O4. The summed E-state index contributed by atoms with van der Waals surface area (Å²) in [4.78, 5) is 43.9. The number of halogens is 1. The smallest absolute Gasteiger partial charge is 0.333 e. The molecule has 0 aliphatic heterocycles. The Morgan fingerprint density at radius 2 is 1.85 bits per heavy atom. The molecule has 9 nitrogen and oxygen atoms in total. The first-order valence-electron chi connectivity index (χ1n) is 10.7. The molecule has 4 rings (SSSR count). The number of imidazole rings is 1. The molecule has 0 radical (unpaired) electrons. The van der Waals surface area contributed by atoms with Gasteiger partial charge in [0.25, 0.3) is 5.56 Å². The van der Waals surface area contributed by atoms with Gasteiger partial charge in [0, 0.05) is 24.4 Å². The molecule has 0 saturated carbocycles. The quantitative estimate of drug-likeness (QED) is 0.417. The number of carbonyl (C=O) groups excluding carboxylic acids is 1. The SMILES string of the molecule is COCCn1cnc2c1c(=O)n(CC(=O)Nc1cccc(Cl)c1C)c(=O)n2Cc1ccccc1. The van der Waals surface area contributed by atoms with Crippen LogP contribution < -0.4 is 16.6 Å². The fourth-order valence-electron chi connectivity index (χ4n) is 3.72. The van der Waals surface area contributed by atoms with Crippen molar-refractivity contribution in [2.24, 2.45) is 0 Å². The summed E-state index contributed by atoms with van der Waals surface area (Å²) in [6.45, 7) is 2.25. The fraction of sp³-hybridized carbons (Fsp3) is 0.250. The van der Waals surface area contributed by atoms with E-state index < -0.39 is 23.7 Å². The zero-order valence-corrected chi connectivity index (χ0v) is 19.6. The van der Waals surface area contributed by atoms with E-state index in [0.29, 0.717) is 29.4 Å². The van der Waals surface area contributed by atoms with Crippen LogP contribution in [0.25, 0.3) is 11.2 Å². The standard InChI is InChI=1S/C24H24ClN5O4/c1-16-18(25)9-6-10-19(16)27-20(31)14-30-23(32)21-22(26-15-28(21)11-12-34-2)29(24(30)33)13-17-7-4-3-5-8-17/h3-10,15H,11-14H2,1-2H3,(H,27,31). The molecule has 2 aromatic carbocycles. The molecule has 1 N–H and O–H groups in total. The summed E-state index contributed by atoms with van der Waals surface area (Å²) in [6.07, 6.45) is 1.51. The zero-order valence-electron chi connectivity index (χ0n) is 18.8. The Hall–Kier alpha value is -3.69. The molecule has 0 spiro atoms. The number of amides is 1. The molecule has 10 heteroatoms. The van der Waals surface area contributed by atoms with Gasteiger partial charge >= 0.3 is 5.69 Å². The minimum atomic E-state index is -0.615. The number of aromatic nitrogens is 4. The Morgan fingerprint density at radius 3 is 2.59 bits per heavy atom. The van der Waals surface area contributed by atoms with Gasteiger partial charge in [-0.25, -0.2) is 14.3 Å². The van der Waals surface area contributed by atoms with E-state index in [9.17, 15) is 14.4 Å². The Morgan fingerprint density at radius 1 is 1.09 bits per heavy atom. The lowest BCUT2D eigenvalue weighted by atomic mass is 10.2. The number of nitrogens with one attached hydrogen (secondary N) is 1. The first-order valence-corrected chi connectivity index (χ1v) is 11.0. The average Bonchev–Trinajstić information content (AvgIpc) is 3.25. The highest BCUT2D eigenvalue weighted by molar-refractivity contribution is 6.31. The minimum absolute atomic E-state index is 0.201. The Kier molecular flexibility index (Phi) is 6.95. The number of nitrogens with zero attached hydrogens (tertiary/aromatic N) is 4. The van der Waals surface area contributed by atoms with Crippen LogP contribution in [0.3, 0.4) is 0 Å². The van der Waals surface area contributed by atoms with E-state index in [4.69, 9.17) is 16.3 Å². The van der Waals surface area contributed by atoms with Gasteiger partial charge in [0.1, 0.15) is 6.54 Å². The first kappa shape index (κ1) is 23.5. The largest absolute Gasteiger partial charge is 0.383 e. The Balaban J connectivity index is 1.78. The molecule has 1 amide bonds. The molecule has 2 aromatic heterocycles. The number of ether oxygens (including phenoxy) is 1. The predicted molar refractivity (Wildman–Crippen MR) is 130 cm³/mol. The third-order valence-electron chi connectivity index (χ3n) is 5.55. The summed E-state index contributed by atoms with van der Waals surface area (Å²) in [6, 6.07) is 14.5. The maximum atomic E-state index is 13.4. The lowest BCUT2D eigenvalue weighted by molar-refractivity contribution is -0.116. The second kappa shape index (κ2) is 10.1. The van der Waals surface area contributed by atoms with Gasteiger partial charge in [-0.2, -0.15) is 0 Å². The van der Waals surface area contributed by atoms with Gasteiger partial charge in [0.05, 0.1) is 19.5 Å². The molecule has 0 aliphatic carbocycles. The van der Waals surface area contributed by atoms with Crippen LogP contribution in [0, 0.1) is 6.92 Å². The highest BCUT2D eigenvalue weighted by Gasteiger charge is 2.20. The summed E-state index contributed by atoms with van der Waals surface area (Å²) >= 11 is 6.14. The van der Waals surface area contributed by atoms with Gasteiger partial charge < -0.3 is 14.6 Å². The molecular weight excluding hydrogens is 458 g/mol. The zero-order chi connectivity index (χ0) is 24.2. The van der Waals surface area contributed by atoms with E-state index in [1.54, 1.807) is 36.8 Å². The van der Waals surface area contributed by atoms with Crippen LogP contribution in [0.4, 0.5) is 5.69 Å². The molecule has 4 aromatic rings. The number of methoxy groups -OCH3 is 1. The van der Waals surface area contributed by atoms with Crippen LogP contribution in [0.15, 0.2) is 64.4 Å². The van der Waals surface area contributed by atoms with Gasteiger partial charge in [0.2, 0.25) is 5.91 Å². The summed E-state index contributed by atoms with van der Waals surface area (Å²) < 4.78 is 9.12. The average molecular weight is 482 g/mol. The third-order valence-corrected chi connectivity index (χ3v) is 5.96. The van der Waals surface area contributed by atoms with Crippen molar-refractivity contribution < 1.29 is 9.53 Å². The fourth-order valence-corrected chi connectivity index (χ4v) is 3.90. The normalized spacial score (nSPS) is 11.1. The Labute approximate surface area is 200 Å². The maximum absolute atomic E-state index is 13.4. The van der Waals surface area contributed by atoms with Crippen molar-refractivity contribution >= 4 is 34.4 Å². The van der Waals surface area contributed by atoms with Crippen molar-refractivity contribution in [3.05, 3.63) is 91.8 Å². The van der Waals surface area contributed by atoms with Gasteiger partial charge in [-0.05, 0) is 30.2 Å². The number of anilines is 1. The van der Waals surface area contributed by atoms with Crippen molar-refractivity contribution in [1.29, 1.82) is 0 Å². The molecule has 34 heavy (non-hydrogen) atoms. The van der Waals surface area contributed by atoms with Crippen molar-refractivity contribution in [3.63, 3.8) is 0 Å². The molecule has 176 valence electrons. The minimum Gasteiger partial charge on any atom is -0.383 e. The number of fused-ring (bicyclic) bond motifs is 1. The van der Waals surface area contributed by atoms with Gasteiger partial charge in [-0.15, -0.1) is 0 Å². The van der Waals surface area contributed by atoms with Crippen LogP contribution in [0.2, 0.25) is 5.02 Å². The summed E-state index contributed by atoms with van der Waals surface area (Å²) in [5.41, 5.74) is 1.37. The highest BCUT2D eigenvalue weighted by atomic mass is 35.5. The number of hydrogen-bond donors (Lipinski definition) is 1. The molecule has 2 heterocycles. The lowest BCUT2D eigenvalue weighted by Crippen LogP contribution is -2.43. The number of benzene rings is 2. The van der Waals surface area contributed by atoms with Crippen molar-refractivity contribution in [2.75, 3.05) is 19.0 Å². The van der Waals surface area contributed by atoms with Crippen LogP contribution in [0.5, 0.6) is 0 Å². The van der Waals surface area contributed by atoms with Crippen LogP contribution in [-0.2, 0) is 29.2 Å². The van der Waals surface area contributed by atoms with E-state index in [1.807, 2.05) is 30.3 Å². The van der Waals surface area contributed by atoms with Crippen molar-refractivity contribution in [1.82, 2.24) is 18.7 Å². The van der Waals surface area contributed by atoms with E-state index in [0.717, 1.165) is 10.1 Å². The van der Waals surface area contributed by atoms with Gasteiger partial charge in [-0.1, -0.05) is 48.0 Å². The summed E-state index contributed by atoms with van der Waals surface area (Å²) in [7, 11) is 1.56. The number of hydrogen-bond acceptors (Lipinski definition) is 5. The Bertz CT molecular complexity index is 1460. The van der Waals surface area contributed by atoms with Crippen LogP contribution in [0.1, 0.15) is 11.1 Å². The molecule has 0 aliphatic rings. The van der Waals surface area contributed by atoms with Crippen molar-refractivity contribution in [2.45, 2.75) is 26.6 Å². The number of rotatable bonds is 8. The first-order chi connectivity index (χ1) is 16.4. The lowest BCUT2D eigenvalue weighted by Gasteiger charge is -2.14. The van der Waals surface area contributed by atoms with Gasteiger partial charge in [0.15, 0.2) is 11.2 Å². The highest BCUT2D eigenvalue weighted by Crippen LogP contribution is 2.22. The second-order valence-corrected chi connectivity index (χ2v) is 8.22. The predicted octanol–water partition coefficient (Wildman–Crippen LogP) is 2.65. The monoisotopic (exact) mass is 481 g/mol. The molecule has 0 unspecified atom stereocenters. The van der Waals surface area contributed by atoms with E-state index in [-0.39, 0.29) is 17.7 Å². The molecule has 0 fully saturated rings. The third kappa shape index (κ3) is 4.66. The topological polar surface area (TPSA) is 100 Å². The van der Waals surface area contributed by atoms with Crippen molar-refractivity contribution in [3.8, 4) is 0 Å². The summed E-state index contributed by atoms with van der Waals surface area (Å²) in [5, 5.41) is 3.24. The second-order valence-electron chi connectivity index (χ2n) is 7.81. The van der Waals surface area contributed by atoms with Gasteiger partial charge in [-0.3, -0.25) is 14.2 Å². The van der Waals surface area contributed by atoms with E-state index >= 15 is 0 Å². The summed E-state index contributed by atoms with van der Waals surface area (Å²) in [5.74, 6) is -0.516. The molecule has 0 saturated heterocycles. The van der Waals surface area contributed by atoms with Crippen LogP contribution >= 0.6 is 11.6 Å². The molecule has 0 atom stereocenters.